The first-order valence-corrected chi connectivity index (χ1v) is 35.1. The quantitative estimate of drug-likeness (QED) is 0.0101. The van der Waals surface area contributed by atoms with Gasteiger partial charge in [0.05, 0.1) is 46.9 Å². The van der Waals surface area contributed by atoms with Crippen LogP contribution < -0.4 is 104 Å². The molecule has 0 aliphatic carbocycles. The summed E-state index contributed by atoms with van der Waals surface area (Å²) >= 11 is 12.1. The van der Waals surface area contributed by atoms with Crippen LogP contribution in [0.5, 0.6) is 0 Å². The maximum absolute atomic E-state index is 13.5. The molecule has 0 unspecified atom stereocenters. The summed E-state index contributed by atoms with van der Waals surface area (Å²) in [6.45, 7) is -11.4. The summed E-state index contributed by atoms with van der Waals surface area (Å²) in [5.41, 5.74) is 7.49. The molecule has 0 fully saturated rings. The Morgan fingerprint density at radius 2 is 0.832 bits per heavy atom. The van der Waals surface area contributed by atoms with Crippen molar-refractivity contribution in [3.63, 3.8) is 0 Å². The van der Waals surface area contributed by atoms with E-state index >= 15 is 0 Å². The number of aliphatic hydroxyl groups is 1. The van der Waals surface area contributed by atoms with E-state index in [2.05, 4.69) is 179 Å². The van der Waals surface area contributed by atoms with Crippen LogP contribution in [0.4, 0.5) is 46.5 Å². The second-order valence-electron chi connectivity index (χ2n) is 18.5. The summed E-state index contributed by atoms with van der Waals surface area (Å²) in [5.74, 6) is -5.89. The Morgan fingerprint density at radius 3 is 1.16 bits per heavy atom. The molecule has 11 aromatic rings. The number of halogens is 9. The van der Waals surface area contributed by atoms with Gasteiger partial charge in [-0.2, -0.15) is 16.8 Å². The van der Waals surface area contributed by atoms with Gasteiger partial charge in [0.2, 0.25) is 50.8 Å². The van der Waals surface area contributed by atoms with E-state index in [0.29, 0.717) is 0 Å². The average Bonchev–Trinajstić information content (AvgIpc) is 1.65. The van der Waals surface area contributed by atoms with Gasteiger partial charge in [-0.1, -0.05) is 15.5 Å². The smallest absolute Gasteiger partial charge is 0.870 e. The van der Waals surface area contributed by atoms with Crippen LogP contribution in [0.25, 0.3) is 51.6 Å². The van der Waals surface area contributed by atoms with E-state index in [4.69, 9.17) is 32.1 Å². The number of sulfonamides is 1. The molecule has 0 spiro atoms. The molecular weight excluding hydrogens is 1810 g/mol. The normalized spacial score (nSPS) is 12.8. The Kier molecular flexibility index (Phi) is 30.7. The second kappa shape index (κ2) is 42.2. The summed E-state index contributed by atoms with van der Waals surface area (Å²) < 4.78 is 221. The van der Waals surface area contributed by atoms with E-state index in [-0.39, 0.29) is 164 Å². The summed E-state index contributed by atoms with van der Waals surface area (Å²) in [4.78, 5) is 40.2. The molecule has 0 radical (unpaired) electrons. The van der Waals surface area contributed by atoms with Gasteiger partial charge in [0, 0.05) is 70.2 Å². The number of nitrogens with two attached hydrogens (primary N) is 3. The third-order valence-corrected chi connectivity index (χ3v) is 15.2. The minimum atomic E-state index is -4.31. The van der Waals surface area contributed by atoms with Crippen molar-refractivity contribution >= 4 is 141 Å². The van der Waals surface area contributed by atoms with Crippen LogP contribution in [0.3, 0.4) is 0 Å². The molecule has 7 heterocycles. The van der Waals surface area contributed by atoms with Gasteiger partial charge >= 0.3 is 46.8 Å². The molecule has 574 valence electrons. The zero-order valence-electron chi connectivity index (χ0n) is 61.2. The molecule has 17 N–H and O–H groups in total. The van der Waals surface area contributed by atoms with Crippen LogP contribution >= 0.6 is 76.1 Å². The molecule has 45 nitrogen and oxygen atoms in total. The van der Waals surface area contributed by atoms with Gasteiger partial charge in [-0.3, -0.25) is 24.3 Å². The van der Waals surface area contributed by atoms with Gasteiger partial charge in [0.15, 0.2) is 28.6 Å². The predicted octanol–water partition coefficient (Wildman–Crippen LogP) is -1.04. The minimum Gasteiger partial charge on any atom is -0.870 e. The monoisotopic (exact) mass is 1860 g/mol. The van der Waals surface area contributed by atoms with Gasteiger partial charge in [0.25, 0.3) is 20.4 Å². The summed E-state index contributed by atoms with van der Waals surface area (Å²) in [5, 5.41) is 75.2. The molecule has 11 rings (SSSR count). The molecule has 0 saturated carbocycles. The Labute approximate surface area is 668 Å². The van der Waals surface area contributed by atoms with Crippen LogP contribution in [0.1, 0.15) is 16.7 Å². The van der Waals surface area contributed by atoms with Crippen molar-refractivity contribution in [2.75, 3.05) is 86.8 Å². The van der Waals surface area contributed by atoms with Gasteiger partial charge in [0.1, 0.15) is 23.3 Å². The number of hydroxylamine groups is 1. The Bertz CT molecular complexity index is 5550. The number of aromatic nitrogens is 14. The number of amidine groups is 1. The molecule has 0 atom stereocenters. The predicted molar refractivity (Wildman–Crippen MR) is 374 cm³/mol. The van der Waals surface area contributed by atoms with Crippen LogP contribution in [-0.2, 0) is 30.4 Å². The van der Waals surface area contributed by atoms with Crippen LogP contribution in [0.2, 0.25) is 0 Å². The molecule has 0 amide bonds. The largest absolute Gasteiger partial charge is 1.00 e. The number of anilines is 4. The zero-order chi connectivity index (χ0) is 83.2. The summed E-state index contributed by atoms with van der Waals surface area (Å²) in [6, 6.07) is 15.1. The molecule has 7 aromatic heterocycles. The fraction of sp³-hybridized carbons (Fsp3) is 0.204. The van der Waals surface area contributed by atoms with Crippen molar-refractivity contribution in [2.45, 2.75) is 0 Å². The van der Waals surface area contributed by atoms with Gasteiger partial charge in [-0.05, 0) is 178 Å². The molecule has 0 aliphatic rings. The van der Waals surface area contributed by atoms with Crippen molar-refractivity contribution in [3.8, 4) is 51.6 Å². The molecule has 0 saturated heterocycles. The fourth-order valence-electron chi connectivity index (χ4n) is 7.34. The number of rotatable bonds is 26. The number of aliphatic hydroxyl groups excluding tert-OH is 1. The number of nitrogens with one attached hydrogen (secondary N) is 8. The SMILES string of the molecule is CO.Cl.[2H]C([2H])(CNc1nonc1-c1noc(=O)n1-c1ccc(F)c(Br)c1)NS(C)(=O)=O.[2H]C([2H])(CNc1nonc1-c1noc(=O)n1-c1ccc(F)c(Br)c1)NS(N)(=O)=O.[2H]C([2H])(CNc1nonc1C(=Nc1ccc(F)c(Br)c1)NO)NS(N)(=O)=O.[2H]C([2H])(N)CNc1nonc1-c1noc(=O)n1-c1ccc(F)c(Br)c1.[Na+].[OH-]. The fourth-order valence-corrected chi connectivity index (χ4v) is 9.69. The first-order valence-electron chi connectivity index (χ1n) is 30.9. The number of benzene rings is 4. The van der Waals surface area contributed by atoms with E-state index in [1.54, 1.807) is 19.6 Å². The average molecular weight is 1870 g/mol. The number of nitrogens with zero attached hydrogens (tertiary/aromatic N) is 15. The number of hydrogen-bond acceptors (Lipinski definition) is 36. The third kappa shape index (κ3) is 26.0. The Hall–Kier alpha value is -8.65. The first-order chi connectivity index (χ1) is 52.2. The summed E-state index contributed by atoms with van der Waals surface area (Å²) in [6.07, 6.45) is 0.808. The Morgan fingerprint density at radius 1 is 0.514 bits per heavy atom. The van der Waals surface area contributed by atoms with Crippen LogP contribution in [-0.4, -0.2) is 183 Å². The minimum absolute atomic E-state index is 0. The molecule has 58 heteroatoms. The maximum Gasteiger partial charge on any atom is 1.00 e. The molecule has 4 aromatic carbocycles. The number of hydrogen-bond donors (Lipinski definition) is 13. The molecule has 0 bridgehead atoms. The van der Waals surface area contributed by atoms with Gasteiger partial charge < -0.3 is 37.6 Å². The van der Waals surface area contributed by atoms with Crippen molar-refractivity contribution in [1.29, 1.82) is 0 Å². The van der Waals surface area contributed by atoms with Crippen molar-refractivity contribution in [1.82, 2.24) is 90.1 Å². The second-order valence-corrected chi connectivity index (χ2v) is 26.2. The van der Waals surface area contributed by atoms with Crippen molar-refractivity contribution < 1.29 is 131 Å². The standard InChI is InChI=1S/C13H12BrFN6O5S.C12H11BrFN7O5S.C12H10BrFN6O3.C11H13BrFN7O4S.CH4O.ClH.Na.H2O/c1-27(23,24)17-5-4-16-11-10(18-26-19-11)12-20-25-13(22)21(12)7-2-3-9(15)8(14)6-7;13-7-5-6(1-2-8(7)14)21-11(20-25-12(21)22)9-10(19-26-18-9)16-3-4-17-27(15,23)24;13-7-5-6(1-2-8(7)14)20-11(19-22-12(20)21)9-10(16-4-3-15)18-23-17-9;12-7-5-6(1-2-8(7)13)17-11(18-21)9-10(20-24-19-9)15-3-4-16-25(14,22)23;1-2;;;/h2-3,6,17H,4-5H2,1H3,(H,16,19);1-2,5,17H,3-4H2,(H,16,19)(H2,15,23,24);1-2,5H,3-4,15H2,(H,16,18);1-2,5,16,21H,3-4H2,(H,15,20)(H,17,18)(H2,14,22,23);2H,1H3;1H;;1H2/q;;;;;;+1;/p-1/i5D2;4D2;3D2;4D2;;;;. The molecule has 0 aliphatic heterocycles. The first kappa shape index (κ1) is 77.9. The topological polar surface area (TPSA) is 659 Å². The van der Waals surface area contributed by atoms with Crippen LogP contribution in [0.15, 0.2) is 142 Å². The number of aliphatic imine (C=N–C) groups is 1. The molecular formula is C49H52Br4ClF4N26NaO19S3. The zero-order valence-corrected chi connectivity index (χ0v) is 64.8. The van der Waals surface area contributed by atoms with E-state index in [0.717, 1.165) is 51.3 Å². The van der Waals surface area contributed by atoms with E-state index in [1.807, 2.05) is 0 Å². The van der Waals surface area contributed by atoms with Crippen LogP contribution in [0, 0.1) is 23.3 Å². The maximum atomic E-state index is 13.5. The van der Waals surface area contributed by atoms with E-state index in [9.17, 15) is 62.4 Å². The van der Waals surface area contributed by atoms with Crippen molar-refractivity contribution in [2.24, 2.45) is 21.0 Å². The van der Waals surface area contributed by atoms with E-state index < -0.39 is 117 Å². The Balaban J connectivity index is 0.000000318. The van der Waals surface area contributed by atoms with Gasteiger partial charge in [-0.25, -0.2) is 102 Å². The van der Waals surface area contributed by atoms with E-state index in [1.165, 1.54) is 48.5 Å². The van der Waals surface area contributed by atoms with Gasteiger partial charge in [-0.15, -0.1) is 12.4 Å². The third-order valence-electron chi connectivity index (χ3n) is 11.4. The summed E-state index contributed by atoms with van der Waals surface area (Å²) in [7, 11) is -11.4. The molecule has 107 heavy (non-hydrogen) atoms. The van der Waals surface area contributed by atoms with Crippen molar-refractivity contribution in [3.05, 3.63) is 151 Å².